The molecule has 7 nitrogen and oxygen atoms in total. The fourth-order valence-corrected chi connectivity index (χ4v) is 3.99. The van der Waals surface area contributed by atoms with Gasteiger partial charge in [-0.3, -0.25) is 9.69 Å². The Morgan fingerprint density at radius 3 is 2.91 bits per heavy atom. The molecule has 1 N–H and O–H groups in total. The van der Waals surface area contributed by atoms with E-state index in [1.165, 1.54) is 0 Å². The minimum Gasteiger partial charge on any atom is -0.489 e. The van der Waals surface area contributed by atoms with Crippen molar-refractivity contribution in [3.05, 3.63) is 60.0 Å². The molecule has 7 heteroatoms. The van der Waals surface area contributed by atoms with Crippen LogP contribution in [0.5, 0.6) is 5.75 Å². The Kier molecular flexibility index (Phi) is 6.85. The maximum absolute atomic E-state index is 13.0. The lowest BCUT2D eigenvalue weighted by molar-refractivity contribution is -0.121. The second-order valence-corrected chi connectivity index (χ2v) is 8.61. The molecule has 0 saturated carbocycles. The smallest absolute Gasteiger partial charge is 0.241 e. The second kappa shape index (κ2) is 9.96. The van der Waals surface area contributed by atoms with Gasteiger partial charge in [0.1, 0.15) is 5.75 Å². The third-order valence-electron chi connectivity index (χ3n) is 5.49. The van der Waals surface area contributed by atoms with Gasteiger partial charge in [0.2, 0.25) is 17.6 Å². The highest BCUT2D eigenvalue weighted by Gasteiger charge is 2.27. The Morgan fingerprint density at radius 1 is 1.25 bits per heavy atom. The molecule has 0 spiro atoms. The first-order valence-electron chi connectivity index (χ1n) is 11.2. The van der Waals surface area contributed by atoms with Crippen LogP contribution in [0.4, 0.5) is 5.69 Å². The number of carbonyl (C=O) groups is 1. The van der Waals surface area contributed by atoms with E-state index in [2.05, 4.69) is 20.4 Å². The summed E-state index contributed by atoms with van der Waals surface area (Å²) in [6, 6.07) is 15.6. The van der Waals surface area contributed by atoms with Gasteiger partial charge in [-0.15, -0.1) is 0 Å². The molecular weight excluding hydrogens is 404 g/mol. The van der Waals surface area contributed by atoms with Gasteiger partial charge in [-0.25, -0.2) is 0 Å². The first-order chi connectivity index (χ1) is 15.5. The highest BCUT2D eigenvalue weighted by atomic mass is 16.5. The van der Waals surface area contributed by atoms with Crippen molar-refractivity contribution in [2.45, 2.75) is 46.3 Å². The van der Waals surface area contributed by atoms with Gasteiger partial charge in [0.15, 0.2) is 0 Å². The maximum Gasteiger partial charge on any atom is 0.241 e. The van der Waals surface area contributed by atoms with Gasteiger partial charge in [-0.05, 0) is 58.4 Å². The molecule has 1 fully saturated rings. The van der Waals surface area contributed by atoms with E-state index in [1.807, 2.05) is 69.3 Å². The molecule has 168 valence electrons. The Morgan fingerprint density at radius 2 is 2.09 bits per heavy atom. The number of hydrogen-bond acceptors (Lipinski definition) is 6. The van der Waals surface area contributed by atoms with Gasteiger partial charge in [-0.1, -0.05) is 41.1 Å². The van der Waals surface area contributed by atoms with E-state index in [9.17, 15) is 4.79 Å². The second-order valence-electron chi connectivity index (χ2n) is 8.61. The van der Waals surface area contributed by atoms with E-state index in [4.69, 9.17) is 9.26 Å². The van der Waals surface area contributed by atoms with Crippen LogP contribution in [0, 0.1) is 12.8 Å². The van der Waals surface area contributed by atoms with Crippen molar-refractivity contribution in [1.82, 2.24) is 15.0 Å². The number of nitrogens with zero attached hydrogens (tertiary/aromatic N) is 3. The van der Waals surface area contributed by atoms with Crippen LogP contribution >= 0.6 is 0 Å². The van der Waals surface area contributed by atoms with Gasteiger partial charge in [0, 0.05) is 12.1 Å². The van der Waals surface area contributed by atoms with Crippen molar-refractivity contribution in [2.75, 3.05) is 18.4 Å². The lowest BCUT2D eigenvalue weighted by atomic mass is 9.97. The number of hydrogen-bond donors (Lipinski definition) is 1. The van der Waals surface area contributed by atoms with Gasteiger partial charge in [0.25, 0.3) is 0 Å². The zero-order valence-corrected chi connectivity index (χ0v) is 18.9. The van der Waals surface area contributed by atoms with Crippen molar-refractivity contribution in [3.8, 4) is 17.1 Å². The molecule has 4 rings (SSSR count). The summed E-state index contributed by atoms with van der Waals surface area (Å²) < 4.78 is 11.3. The molecule has 1 unspecified atom stereocenters. The van der Waals surface area contributed by atoms with E-state index >= 15 is 0 Å². The van der Waals surface area contributed by atoms with Crippen molar-refractivity contribution in [1.29, 1.82) is 0 Å². The number of benzene rings is 2. The highest BCUT2D eigenvalue weighted by molar-refractivity contribution is 5.94. The fourth-order valence-electron chi connectivity index (χ4n) is 3.99. The molecule has 0 radical (unpaired) electrons. The minimum atomic E-state index is -0.102. The highest BCUT2D eigenvalue weighted by Crippen LogP contribution is 2.27. The molecule has 2 aromatic carbocycles. The molecule has 0 bridgehead atoms. The number of anilines is 1. The number of nitrogens with one attached hydrogen (secondary N) is 1. The molecule has 2 heterocycles. The normalized spacial score (nSPS) is 16.8. The third kappa shape index (κ3) is 5.53. The number of rotatable bonds is 7. The van der Waals surface area contributed by atoms with Crippen LogP contribution in [0.1, 0.15) is 38.1 Å². The zero-order valence-electron chi connectivity index (χ0n) is 18.9. The number of para-hydroxylation sites is 2. The van der Waals surface area contributed by atoms with Crippen LogP contribution in [0.2, 0.25) is 0 Å². The van der Waals surface area contributed by atoms with Crippen LogP contribution in [0.15, 0.2) is 53.1 Å². The van der Waals surface area contributed by atoms with Crippen LogP contribution < -0.4 is 10.1 Å². The van der Waals surface area contributed by atoms with Gasteiger partial charge >= 0.3 is 0 Å². The number of aryl methyl sites for hydroxylation is 1. The van der Waals surface area contributed by atoms with Crippen molar-refractivity contribution in [3.63, 3.8) is 0 Å². The summed E-state index contributed by atoms with van der Waals surface area (Å²) in [6.45, 7) is 8.08. The largest absolute Gasteiger partial charge is 0.489 e. The average molecular weight is 435 g/mol. The topological polar surface area (TPSA) is 80.5 Å². The van der Waals surface area contributed by atoms with E-state index in [-0.39, 0.29) is 17.9 Å². The molecule has 0 aliphatic carbocycles. The summed E-state index contributed by atoms with van der Waals surface area (Å²) in [5.41, 5.74) is 2.81. The molecule has 1 aliphatic rings. The van der Waals surface area contributed by atoms with E-state index < -0.39 is 0 Å². The third-order valence-corrected chi connectivity index (χ3v) is 5.49. The Bertz CT molecular complexity index is 1060. The number of aromatic nitrogens is 2. The van der Waals surface area contributed by atoms with Gasteiger partial charge in [0.05, 0.1) is 24.3 Å². The molecular formula is C25H30N4O3. The maximum atomic E-state index is 13.0. The van der Waals surface area contributed by atoms with Gasteiger partial charge < -0.3 is 14.6 Å². The first kappa shape index (κ1) is 22.0. The first-order valence-corrected chi connectivity index (χ1v) is 11.2. The molecule has 1 amide bonds. The molecule has 3 aromatic rings. The van der Waals surface area contributed by atoms with E-state index in [0.717, 1.165) is 30.5 Å². The predicted molar refractivity (Wildman–Crippen MR) is 123 cm³/mol. The van der Waals surface area contributed by atoms with Crippen LogP contribution in [-0.2, 0) is 11.3 Å². The summed E-state index contributed by atoms with van der Waals surface area (Å²) in [6.07, 6.45) is 1.84. The standard InChI is InChI=1S/C25H30N4O3/c1-17(2)31-22-12-5-4-11-21(22)26-25(30)20-10-7-13-29(15-20)16-23-27-24(28-32-23)19-9-6-8-18(3)14-19/h4-6,8-9,11-12,14,17,20H,7,10,13,15-16H2,1-3H3,(H,26,30). The van der Waals surface area contributed by atoms with Gasteiger partial charge in [-0.2, -0.15) is 4.98 Å². The van der Waals surface area contributed by atoms with Crippen LogP contribution in [0.3, 0.4) is 0 Å². The van der Waals surface area contributed by atoms with Crippen molar-refractivity contribution >= 4 is 11.6 Å². The Hall–Kier alpha value is -3.19. The van der Waals surface area contributed by atoms with Crippen LogP contribution in [0.25, 0.3) is 11.4 Å². The monoisotopic (exact) mass is 434 g/mol. The molecule has 1 aromatic heterocycles. The van der Waals surface area contributed by atoms with Crippen molar-refractivity contribution in [2.24, 2.45) is 5.92 Å². The summed E-state index contributed by atoms with van der Waals surface area (Å²) in [7, 11) is 0. The minimum absolute atomic E-state index is 0.0143. The number of carbonyl (C=O) groups excluding carboxylic acids is 1. The van der Waals surface area contributed by atoms with Crippen molar-refractivity contribution < 1.29 is 14.1 Å². The quantitative estimate of drug-likeness (QED) is 0.581. The van der Waals surface area contributed by atoms with E-state index in [1.54, 1.807) is 0 Å². The summed E-state index contributed by atoms with van der Waals surface area (Å²) in [4.78, 5) is 19.7. The predicted octanol–water partition coefficient (Wildman–Crippen LogP) is 4.68. The fraction of sp³-hybridized carbons (Fsp3) is 0.400. The number of ether oxygens (including phenoxy) is 1. The zero-order chi connectivity index (χ0) is 22.5. The lowest BCUT2D eigenvalue weighted by Crippen LogP contribution is -2.40. The number of likely N-dealkylation sites (tertiary alicyclic amines) is 1. The molecule has 1 saturated heterocycles. The Balaban J connectivity index is 1.37. The number of amides is 1. The number of piperidine rings is 1. The molecule has 1 atom stereocenters. The van der Waals surface area contributed by atoms with E-state index in [0.29, 0.717) is 36.2 Å². The lowest BCUT2D eigenvalue weighted by Gasteiger charge is -2.31. The summed E-state index contributed by atoms with van der Waals surface area (Å²) in [5.74, 6) is 1.77. The van der Waals surface area contributed by atoms with Crippen LogP contribution in [-0.4, -0.2) is 40.1 Å². The molecule has 32 heavy (non-hydrogen) atoms. The summed E-state index contributed by atoms with van der Waals surface area (Å²) >= 11 is 0. The Labute approximate surface area is 188 Å². The summed E-state index contributed by atoms with van der Waals surface area (Å²) in [5, 5.41) is 7.19. The SMILES string of the molecule is Cc1cccc(-c2noc(CN3CCCC(C(=O)Nc4ccccc4OC(C)C)C3)n2)c1. The average Bonchev–Trinajstić information content (AvgIpc) is 3.23. The molecule has 1 aliphatic heterocycles.